The predicted octanol–water partition coefficient (Wildman–Crippen LogP) is 3.24. The number of halogens is 1. The van der Waals surface area contributed by atoms with E-state index in [0.717, 1.165) is 83.2 Å². The molecule has 0 N–H and O–H groups in total. The molecule has 2 spiro atoms. The lowest BCUT2D eigenvalue weighted by atomic mass is 9.61. The zero-order chi connectivity index (χ0) is 23.5. The van der Waals surface area contributed by atoms with Gasteiger partial charge < -0.3 is 23.5 Å². The Bertz CT molecular complexity index is 1040. The highest BCUT2D eigenvalue weighted by atomic mass is 19.1. The number of anilines is 1. The molecule has 1 saturated carbocycles. The number of likely N-dealkylation sites (tertiary alicyclic amines) is 1. The van der Waals surface area contributed by atoms with Gasteiger partial charge in [0.25, 0.3) is 0 Å². The molecule has 4 aliphatic heterocycles. The maximum atomic E-state index is 14.2. The number of hydrogen-bond acceptors (Lipinski definition) is 8. The van der Waals surface area contributed by atoms with E-state index >= 15 is 0 Å². The zero-order valence-electron chi connectivity index (χ0n) is 20.0. The Morgan fingerprint density at radius 3 is 2.66 bits per heavy atom. The van der Waals surface area contributed by atoms with E-state index in [1.807, 2.05) is 6.07 Å². The summed E-state index contributed by atoms with van der Waals surface area (Å²) in [4.78, 5) is 4.64. The quantitative estimate of drug-likeness (QED) is 0.619. The number of hydrogen-bond donors (Lipinski definition) is 0. The number of piperidine rings is 1. The van der Waals surface area contributed by atoms with Gasteiger partial charge in [-0.05, 0) is 75.2 Å². The minimum Gasteiger partial charge on any atom is -0.493 e. The Labute approximate surface area is 204 Å². The standard InChI is InChI=1S/C26H33FN4O4/c27-20-1-2-23(33-11-18-8-25(9-18)15-32-16-25)22(7-20)19-3-5-30(6-4-19)21-10-26(35-12-21)13-31(14-26)24-29-28-17-34-24/h1-2,7,17-19,21H,3-6,8-16H2. The molecular weight excluding hydrogens is 451 g/mol. The fourth-order valence-corrected chi connectivity index (χ4v) is 7.03. The average Bonchev–Trinajstić information content (AvgIpc) is 3.47. The number of rotatable bonds is 6. The molecule has 1 aliphatic carbocycles. The van der Waals surface area contributed by atoms with Gasteiger partial charge >= 0.3 is 6.01 Å². The second-order valence-corrected chi connectivity index (χ2v) is 11.5. The summed E-state index contributed by atoms with van der Waals surface area (Å²) in [7, 11) is 0. The molecule has 0 bridgehead atoms. The summed E-state index contributed by atoms with van der Waals surface area (Å²) in [6, 6.07) is 6.07. The van der Waals surface area contributed by atoms with Crippen LogP contribution in [-0.4, -0.2) is 79.3 Å². The summed E-state index contributed by atoms with van der Waals surface area (Å²) in [6.45, 7) is 6.93. The van der Waals surface area contributed by atoms with Crippen LogP contribution in [0.15, 0.2) is 29.0 Å². The molecule has 0 radical (unpaired) electrons. The number of aromatic nitrogens is 2. The number of nitrogens with zero attached hydrogens (tertiary/aromatic N) is 4. The fraction of sp³-hybridized carbons (Fsp3) is 0.692. The molecule has 5 aliphatic rings. The Morgan fingerprint density at radius 2 is 1.94 bits per heavy atom. The summed E-state index contributed by atoms with van der Waals surface area (Å²) in [5.74, 6) is 1.62. The molecule has 35 heavy (non-hydrogen) atoms. The average molecular weight is 485 g/mol. The molecule has 1 aromatic carbocycles. The first-order valence-corrected chi connectivity index (χ1v) is 13.0. The highest BCUT2D eigenvalue weighted by Crippen LogP contribution is 2.51. The second-order valence-electron chi connectivity index (χ2n) is 11.5. The minimum atomic E-state index is -0.175. The van der Waals surface area contributed by atoms with Crippen LogP contribution in [0.4, 0.5) is 10.4 Å². The van der Waals surface area contributed by atoms with Gasteiger partial charge in [-0.1, -0.05) is 5.10 Å². The van der Waals surface area contributed by atoms with Gasteiger partial charge in [0.1, 0.15) is 17.2 Å². The van der Waals surface area contributed by atoms with E-state index in [4.69, 9.17) is 18.6 Å². The largest absolute Gasteiger partial charge is 0.493 e. The van der Waals surface area contributed by atoms with E-state index in [9.17, 15) is 4.39 Å². The van der Waals surface area contributed by atoms with E-state index < -0.39 is 0 Å². The molecular formula is C26H33FN4O4. The molecule has 5 fully saturated rings. The van der Waals surface area contributed by atoms with Crippen LogP contribution in [0, 0.1) is 17.2 Å². The van der Waals surface area contributed by atoms with Crippen LogP contribution in [0.1, 0.15) is 43.6 Å². The lowest BCUT2D eigenvalue weighted by Crippen LogP contribution is -2.62. The smallest absolute Gasteiger partial charge is 0.318 e. The Hall–Kier alpha value is -2.23. The van der Waals surface area contributed by atoms with Gasteiger partial charge in [-0.15, -0.1) is 5.10 Å². The summed E-state index contributed by atoms with van der Waals surface area (Å²) in [5, 5.41) is 7.76. The van der Waals surface area contributed by atoms with Gasteiger partial charge in [0.05, 0.1) is 39.5 Å². The van der Waals surface area contributed by atoms with Crippen molar-refractivity contribution < 1.29 is 23.0 Å². The highest BCUT2D eigenvalue weighted by Gasteiger charge is 2.52. The number of ether oxygens (including phenoxy) is 3. The molecule has 9 heteroatoms. The summed E-state index contributed by atoms with van der Waals surface area (Å²) in [5.41, 5.74) is 1.39. The van der Waals surface area contributed by atoms with Gasteiger partial charge in [0, 0.05) is 17.0 Å². The van der Waals surface area contributed by atoms with E-state index in [-0.39, 0.29) is 11.4 Å². The van der Waals surface area contributed by atoms with Gasteiger partial charge in [0.2, 0.25) is 6.39 Å². The fourth-order valence-electron chi connectivity index (χ4n) is 7.03. The normalized spacial score (nSPS) is 28.1. The van der Waals surface area contributed by atoms with Crippen molar-refractivity contribution in [3.8, 4) is 5.75 Å². The zero-order valence-corrected chi connectivity index (χ0v) is 20.0. The summed E-state index contributed by atoms with van der Waals surface area (Å²) >= 11 is 0. The monoisotopic (exact) mass is 484 g/mol. The molecule has 8 nitrogen and oxygen atoms in total. The molecule has 4 saturated heterocycles. The first-order valence-electron chi connectivity index (χ1n) is 13.0. The van der Waals surface area contributed by atoms with Gasteiger partial charge in [-0.3, -0.25) is 4.90 Å². The highest BCUT2D eigenvalue weighted by molar-refractivity contribution is 5.38. The lowest BCUT2D eigenvalue weighted by Gasteiger charge is -2.53. The van der Waals surface area contributed by atoms with Crippen LogP contribution in [0.3, 0.4) is 0 Å². The summed E-state index contributed by atoms with van der Waals surface area (Å²) < 4.78 is 37.4. The first-order chi connectivity index (χ1) is 17.1. The van der Waals surface area contributed by atoms with Crippen molar-refractivity contribution in [2.45, 2.75) is 49.7 Å². The minimum absolute atomic E-state index is 0.0920. The lowest BCUT2D eigenvalue weighted by molar-refractivity contribution is -0.183. The van der Waals surface area contributed by atoms with Crippen molar-refractivity contribution >= 4 is 6.01 Å². The van der Waals surface area contributed by atoms with Crippen molar-refractivity contribution in [1.82, 2.24) is 15.1 Å². The van der Waals surface area contributed by atoms with E-state index in [0.29, 0.717) is 29.3 Å². The molecule has 188 valence electrons. The third-order valence-electron chi connectivity index (χ3n) is 8.96. The van der Waals surface area contributed by atoms with Crippen molar-refractivity contribution in [3.63, 3.8) is 0 Å². The van der Waals surface area contributed by atoms with Gasteiger partial charge in [-0.2, -0.15) is 0 Å². The molecule has 0 amide bonds. The third kappa shape index (κ3) is 4.01. The van der Waals surface area contributed by atoms with Crippen LogP contribution in [-0.2, 0) is 9.47 Å². The van der Waals surface area contributed by atoms with E-state index in [1.165, 1.54) is 25.3 Å². The molecule has 1 atom stereocenters. The Balaban J connectivity index is 0.927. The maximum absolute atomic E-state index is 14.2. The molecule has 5 heterocycles. The van der Waals surface area contributed by atoms with Crippen LogP contribution in [0.5, 0.6) is 5.75 Å². The SMILES string of the molecule is Fc1ccc(OCC2CC3(COC3)C2)c(C2CCN(C3COC4(C3)CN(c3nnco3)C4)CC2)c1. The van der Waals surface area contributed by atoms with Crippen molar-refractivity contribution in [2.24, 2.45) is 11.3 Å². The van der Waals surface area contributed by atoms with E-state index in [1.54, 1.807) is 6.07 Å². The van der Waals surface area contributed by atoms with Crippen LogP contribution >= 0.6 is 0 Å². The molecule has 1 aromatic heterocycles. The van der Waals surface area contributed by atoms with Crippen molar-refractivity contribution in [2.75, 3.05) is 57.5 Å². The van der Waals surface area contributed by atoms with Gasteiger partial charge in [-0.25, -0.2) is 4.39 Å². The molecule has 1 unspecified atom stereocenters. The first kappa shape index (κ1) is 22.0. The molecule has 2 aromatic rings. The van der Waals surface area contributed by atoms with Crippen molar-refractivity contribution in [1.29, 1.82) is 0 Å². The maximum Gasteiger partial charge on any atom is 0.318 e. The van der Waals surface area contributed by atoms with Crippen LogP contribution < -0.4 is 9.64 Å². The summed E-state index contributed by atoms with van der Waals surface area (Å²) in [6.07, 6.45) is 6.82. The third-order valence-corrected chi connectivity index (χ3v) is 8.96. The second kappa shape index (κ2) is 8.42. The van der Waals surface area contributed by atoms with Gasteiger partial charge in [0.15, 0.2) is 0 Å². The van der Waals surface area contributed by atoms with E-state index in [2.05, 4.69) is 20.0 Å². The van der Waals surface area contributed by atoms with Crippen LogP contribution in [0.25, 0.3) is 0 Å². The van der Waals surface area contributed by atoms with Crippen molar-refractivity contribution in [3.05, 3.63) is 36.0 Å². The molecule has 7 rings (SSSR count). The van der Waals surface area contributed by atoms with Crippen LogP contribution in [0.2, 0.25) is 0 Å². The topological polar surface area (TPSA) is 73.1 Å². The number of benzene rings is 1. The Morgan fingerprint density at radius 1 is 1.11 bits per heavy atom. The predicted molar refractivity (Wildman–Crippen MR) is 125 cm³/mol. The Kier molecular flexibility index (Phi) is 5.29.